The Bertz CT molecular complexity index is 526. The molecule has 0 heterocycles. The van der Waals surface area contributed by atoms with Crippen molar-refractivity contribution in [3.63, 3.8) is 0 Å². The first kappa shape index (κ1) is 17.3. The summed E-state index contributed by atoms with van der Waals surface area (Å²) in [4.78, 5) is 12.3. The molecule has 0 saturated heterocycles. The highest BCUT2D eigenvalue weighted by Gasteiger charge is 2.16. The van der Waals surface area contributed by atoms with Gasteiger partial charge in [-0.15, -0.1) is 0 Å². The van der Waals surface area contributed by atoms with E-state index in [0.717, 1.165) is 42.5 Å². The van der Waals surface area contributed by atoms with Crippen molar-refractivity contribution in [2.45, 2.75) is 46.5 Å². The van der Waals surface area contributed by atoms with Gasteiger partial charge < -0.3 is 11.1 Å². The van der Waals surface area contributed by atoms with E-state index in [4.69, 9.17) is 5.73 Å². The molecule has 0 bridgehead atoms. The molecule has 21 heavy (non-hydrogen) atoms. The van der Waals surface area contributed by atoms with Gasteiger partial charge in [-0.2, -0.15) is 0 Å². The third kappa shape index (κ3) is 5.61. The molecule has 114 valence electrons. The fourth-order valence-electron chi connectivity index (χ4n) is 2.20. The molecule has 3 N–H and O–H groups in total. The van der Waals surface area contributed by atoms with Crippen LogP contribution in [0, 0.1) is 24.7 Å². The normalized spacial score (nSPS) is 11.4. The summed E-state index contributed by atoms with van der Waals surface area (Å²) >= 11 is 0. The molecule has 0 saturated carbocycles. The number of aryl methyl sites for hydroxylation is 1. The van der Waals surface area contributed by atoms with Crippen LogP contribution in [0.2, 0.25) is 0 Å². The summed E-state index contributed by atoms with van der Waals surface area (Å²) in [5.41, 5.74) is 8.22. The molecule has 3 nitrogen and oxygen atoms in total. The summed E-state index contributed by atoms with van der Waals surface area (Å²) in [6.07, 6.45) is 4.03. The molecular formula is C18H26N2O. The number of hydrogen-bond donors (Lipinski definition) is 2. The maximum atomic E-state index is 12.3. The highest BCUT2D eigenvalue weighted by atomic mass is 16.1. The molecular weight excluding hydrogens is 260 g/mol. The number of anilines is 1. The van der Waals surface area contributed by atoms with Crippen molar-refractivity contribution in [2.24, 2.45) is 11.7 Å². The van der Waals surface area contributed by atoms with E-state index >= 15 is 0 Å². The Labute approximate surface area is 128 Å². The van der Waals surface area contributed by atoms with Crippen LogP contribution in [-0.4, -0.2) is 12.5 Å². The number of unbranched alkanes of at least 4 members (excludes halogenated alkanes) is 1. The molecule has 1 amide bonds. The van der Waals surface area contributed by atoms with Crippen LogP contribution in [0.1, 0.15) is 50.7 Å². The zero-order valence-electron chi connectivity index (χ0n) is 13.3. The first-order chi connectivity index (χ1) is 10.1. The first-order valence-corrected chi connectivity index (χ1v) is 7.72. The molecule has 0 aromatic heterocycles. The predicted octanol–water partition coefficient (Wildman–Crippen LogP) is 3.46. The van der Waals surface area contributed by atoms with Crippen LogP contribution in [0.4, 0.5) is 5.69 Å². The number of benzene rings is 1. The number of nitrogens with one attached hydrogen (secondary N) is 1. The van der Waals surface area contributed by atoms with Gasteiger partial charge in [-0.25, -0.2) is 0 Å². The Morgan fingerprint density at radius 2 is 2.14 bits per heavy atom. The van der Waals surface area contributed by atoms with E-state index in [0.29, 0.717) is 6.54 Å². The van der Waals surface area contributed by atoms with Gasteiger partial charge in [0.2, 0.25) is 5.91 Å². The van der Waals surface area contributed by atoms with Crippen LogP contribution in [-0.2, 0) is 4.79 Å². The maximum Gasteiger partial charge on any atom is 0.227 e. The van der Waals surface area contributed by atoms with E-state index < -0.39 is 0 Å². The summed E-state index contributed by atoms with van der Waals surface area (Å²) in [6.45, 7) is 6.55. The number of rotatable bonds is 6. The van der Waals surface area contributed by atoms with Crippen LogP contribution in [0.3, 0.4) is 0 Å². The largest absolute Gasteiger partial charge is 0.326 e. The van der Waals surface area contributed by atoms with Crippen molar-refractivity contribution in [3.05, 3.63) is 29.3 Å². The minimum atomic E-state index is 0.0878. The van der Waals surface area contributed by atoms with Gasteiger partial charge in [-0.05, 0) is 37.5 Å². The van der Waals surface area contributed by atoms with Gasteiger partial charge in [0.05, 0.1) is 6.54 Å². The quantitative estimate of drug-likeness (QED) is 0.787. The van der Waals surface area contributed by atoms with Crippen molar-refractivity contribution in [1.82, 2.24) is 0 Å². The van der Waals surface area contributed by atoms with Crippen LogP contribution in [0.25, 0.3) is 0 Å². The molecule has 0 aliphatic carbocycles. The van der Waals surface area contributed by atoms with Gasteiger partial charge in [0.15, 0.2) is 0 Å². The molecule has 0 spiro atoms. The Hall–Kier alpha value is -1.79. The van der Waals surface area contributed by atoms with E-state index in [1.807, 2.05) is 25.1 Å². The lowest BCUT2D eigenvalue weighted by Crippen LogP contribution is -2.22. The third-order valence-corrected chi connectivity index (χ3v) is 3.60. The molecule has 1 atom stereocenters. The van der Waals surface area contributed by atoms with Crippen molar-refractivity contribution >= 4 is 11.6 Å². The van der Waals surface area contributed by atoms with E-state index in [1.165, 1.54) is 0 Å². The number of hydrogen-bond acceptors (Lipinski definition) is 2. The van der Waals surface area contributed by atoms with Crippen LogP contribution in [0.15, 0.2) is 18.2 Å². The van der Waals surface area contributed by atoms with Gasteiger partial charge in [-0.1, -0.05) is 44.6 Å². The number of carbonyl (C=O) groups is 1. The first-order valence-electron chi connectivity index (χ1n) is 7.72. The van der Waals surface area contributed by atoms with Gasteiger partial charge in [-0.3, -0.25) is 4.79 Å². The Morgan fingerprint density at radius 3 is 2.76 bits per heavy atom. The highest BCUT2D eigenvalue weighted by molar-refractivity contribution is 5.92. The second kappa shape index (κ2) is 9.20. The predicted molar refractivity (Wildman–Crippen MR) is 89.0 cm³/mol. The van der Waals surface area contributed by atoms with E-state index in [-0.39, 0.29) is 11.8 Å². The molecule has 1 rings (SSSR count). The number of carbonyl (C=O) groups excluding carboxylic acids is 1. The second-order valence-electron chi connectivity index (χ2n) is 5.27. The molecule has 0 aliphatic rings. The monoisotopic (exact) mass is 286 g/mol. The third-order valence-electron chi connectivity index (χ3n) is 3.60. The standard InChI is InChI=1S/C18H26N2O/c1-4-6-8-15(5-2)18(21)20-17-11-10-14(3)16(13-17)9-7-12-19/h10-11,13,15H,4-6,8,12,19H2,1-3H3,(H,20,21). The zero-order chi connectivity index (χ0) is 15.7. The molecule has 0 fully saturated rings. The molecule has 1 aromatic rings. The van der Waals surface area contributed by atoms with Crippen molar-refractivity contribution in [3.8, 4) is 11.8 Å². The van der Waals surface area contributed by atoms with Crippen LogP contribution < -0.4 is 11.1 Å². The molecule has 3 heteroatoms. The summed E-state index contributed by atoms with van der Waals surface area (Å²) < 4.78 is 0. The number of amides is 1. The minimum Gasteiger partial charge on any atom is -0.326 e. The van der Waals surface area contributed by atoms with Gasteiger partial charge in [0.25, 0.3) is 0 Å². The lowest BCUT2D eigenvalue weighted by atomic mass is 9.98. The molecule has 0 aliphatic heterocycles. The SMILES string of the molecule is CCCCC(CC)C(=O)Nc1ccc(C)c(C#CCN)c1. The van der Waals surface area contributed by atoms with Gasteiger partial charge >= 0.3 is 0 Å². The smallest absolute Gasteiger partial charge is 0.227 e. The van der Waals surface area contributed by atoms with Gasteiger partial charge in [0, 0.05) is 17.2 Å². The summed E-state index contributed by atoms with van der Waals surface area (Å²) in [5, 5.41) is 3.01. The Balaban J connectivity index is 2.80. The fraction of sp³-hybridized carbons (Fsp3) is 0.500. The highest BCUT2D eigenvalue weighted by Crippen LogP contribution is 2.18. The van der Waals surface area contributed by atoms with E-state index in [1.54, 1.807) is 0 Å². The van der Waals surface area contributed by atoms with Crippen molar-refractivity contribution < 1.29 is 4.79 Å². The second-order valence-corrected chi connectivity index (χ2v) is 5.27. The molecule has 1 unspecified atom stereocenters. The Kier molecular flexibility index (Phi) is 7.56. The molecule has 0 radical (unpaired) electrons. The summed E-state index contributed by atoms with van der Waals surface area (Å²) in [6, 6.07) is 5.82. The average Bonchev–Trinajstić information content (AvgIpc) is 2.48. The molecule has 1 aromatic carbocycles. The van der Waals surface area contributed by atoms with Crippen molar-refractivity contribution in [2.75, 3.05) is 11.9 Å². The lowest BCUT2D eigenvalue weighted by molar-refractivity contribution is -0.120. The van der Waals surface area contributed by atoms with Crippen LogP contribution in [0.5, 0.6) is 0 Å². The lowest BCUT2D eigenvalue weighted by Gasteiger charge is -2.15. The van der Waals surface area contributed by atoms with E-state index in [9.17, 15) is 4.79 Å². The number of nitrogens with two attached hydrogens (primary N) is 1. The minimum absolute atomic E-state index is 0.0878. The van der Waals surface area contributed by atoms with Gasteiger partial charge in [0.1, 0.15) is 0 Å². The topological polar surface area (TPSA) is 55.1 Å². The van der Waals surface area contributed by atoms with Crippen LogP contribution >= 0.6 is 0 Å². The summed E-state index contributed by atoms with van der Waals surface area (Å²) in [7, 11) is 0. The average molecular weight is 286 g/mol. The zero-order valence-corrected chi connectivity index (χ0v) is 13.3. The summed E-state index contributed by atoms with van der Waals surface area (Å²) in [5.74, 6) is 6.08. The van der Waals surface area contributed by atoms with Crippen molar-refractivity contribution in [1.29, 1.82) is 0 Å². The fourth-order valence-corrected chi connectivity index (χ4v) is 2.20. The Morgan fingerprint density at radius 1 is 1.38 bits per heavy atom. The maximum absolute atomic E-state index is 12.3. The van der Waals surface area contributed by atoms with E-state index in [2.05, 4.69) is 31.0 Å².